The van der Waals surface area contributed by atoms with Crippen molar-refractivity contribution in [3.05, 3.63) is 85.8 Å². The predicted octanol–water partition coefficient (Wildman–Crippen LogP) is 4.69. The fourth-order valence-corrected chi connectivity index (χ4v) is 6.03. The summed E-state index contributed by atoms with van der Waals surface area (Å²) in [6.45, 7) is 3.74. The Hall–Kier alpha value is -3.30. The molecular weight excluding hydrogens is 529 g/mol. The van der Waals surface area contributed by atoms with Crippen LogP contribution in [0.1, 0.15) is 29.3 Å². The molecule has 0 atom stereocenters. The van der Waals surface area contributed by atoms with Crippen molar-refractivity contribution < 1.29 is 18.7 Å². The third-order valence-electron chi connectivity index (χ3n) is 6.73. The molecule has 2 aliphatic rings. The van der Waals surface area contributed by atoms with E-state index in [1.165, 1.54) is 16.7 Å². The van der Waals surface area contributed by atoms with Crippen LogP contribution < -0.4 is 10.5 Å². The Morgan fingerprint density at radius 1 is 1.08 bits per heavy atom. The topological polar surface area (TPSA) is 71.8 Å². The largest absolute Gasteiger partial charge is 0.462 e. The monoisotopic (exact) mass is 555 g/mol. The number of esters is 1. The summed E-state index contributed by atoms with van der Waals surface area (Å²) < 4.78 is 20.3. The molecule has 198 valence electrons. The lowest BCUT2D eigenvalue weighted by molar-refractivity contribution is -0.126. The third kappa shape index (κ3) is 5.17. The van der Waals surface area contributed by atoms with Crippen LogP contribution in [0.25, 0.3) is 10.9 Å². The third-order valence-corrected chi connectivity index (χ3v) is 8.06. The lowest BCUT2D eigenvalue weighted by atomic mass is 10.0. The molecule has 1 amide bonds. The number of benzene rings is 2. The maximum Gasteiger partial charge on any atom is 0.345 e. The molecule has 1 fully saturated rings. The number of piperazine rings is 1. The number of rotatable bonds is 6. The van der Waals surface area contributed by atoms with Crippen LogP contribution in [-0.4, -0.2) is 59.9 Å². The quantitative estimate of drug-likeness (QED) is 0.411. The number of carbonyl (C=O) groups excluding carboxylic acids is 2. The van der Waals surface area contributed by atoms with Crippen LogP contribution >= 0.6 is 23.4 Å². The Bertz CT molecular complexity index is 1480. The van der Waals surface area contributed by atoms with Crippen molar-refractivity contribution in [1.82, 2.24) is 9.47 Å². The summed E-state index contributed by atoms with van der Waals surface area (Å²) in [6.07, 6.45) is 2.88. The molecule has 1 saturated heterocycles. The first kappa shape index (κ1) is 26.3. The van der Waals surface area contributed by atoms with Crippen molar-refractivity contribution in [2.24, 2.45) is 0 Å². The number of aromatic nitrogens is 1. The number of fused-ring (bicyclic) bond motifs is 1. The van der Waals surface area contributed by atoms with E-state index >= 15 is 0 Å². The highest BCUT2D eigenvalue weighted by molar-refractivity contribution is 8.04. The van der Waals surface area contributed by atoms with E-state index in [4.69, 9.17) is 16.3 Å². The molecule has 2 aliphatic heterocycles. The molecule has 0 radical (unpaired) electrons. The molecule has 0 unspecified atom stereocenters. The highest BCUT2D eigenvalue weighted by atomic mass is 35.5. The smallest absolute Gasteiger partial charge is 0.345 e. The predicted molar refractivity (Wildman–Crippen MR) is 149 cm³/mol. The molecule has 0 aliphatic carbocycles. The number of pyridine rings is 1. The minimum absolute atomic E-state index is 0.0281. The Balaban J connectivity index is 1.59. The van der Waals surface area contributed by atoms with Gasteiger partial charge in [0.15, 0.2) is 0 Å². The van der Waals surface area contributed by atoms with Crippen LogP contribution in [0.5, 0.6) is 0 Å². The maximum absolute atomic E-state index is 13.9. The van der Waals surface area contributed by atoms with Crippen molar-refractivity contribution in [1.29, 1.82) is 0 Å². The van der Waals surface area contributed by atoms with Gasteiger partial charge in [-0.05, 0) is 49.2 Å². The summed E-state index contributed by atoms with van der Waals surface area (Å²) in [5, 5.41) is 1.09. The SMILES string of the molecule is CCOC(=O)c1c(N2CCN(C(=O)C3=CCCS3)CC2)c2cc(Cl)ccc2n(Cc2ccc(F)cc2)c1=O. The molecule has 0 bridgehead atoms. The van der Waals surface area contributed by atoms with Crippen molar-refractivity contribution in [3.8, 4) is 0 Å². The van der Waals surface area contributed by atoms with E-state index in [0.717, 1.165) is 17.1 Å². The van der Waals surface area contributed by atoms with E-state index in [0.29, 0.717) is 53.4 Å². The summed E-state index contributed by atoms with van der Waals surface area (Å²) in [4.78, 5) is 44.6. The Kier molecular flexibility index (Phi) is 7.76. The van der Waals surface area contributed by atoms with Gasteiger partial charge in [0, 0.05) is 42.3 Å². The first-order valence-electron chi connectivity index (χ1n) is 12.5. The van der Waals surface area contributed by atoms with Gasteiger partial charge in [0.2, 0.25) is 0 Å². The lowest BCUT2D eigenvalue weighted by Crippen LogP contribution is -2.50. The van der Waals surface area contributed by atoms with Crippen molar-refractivity contribution in [2.75, 3.05) is 43.4 Å². The number of thioether (sulfide) groups is 1. The van der Waals surface area contributed by atoms with Gasteiger partial charge in [-0.3, -0.25) is 9.59 Å². The van der Waals surface area contributed by atoms with Gasteiger partial charge >= 0.3 is 5.97 Å². The molecule has 5 rings (SSSR count). The molecule has 3 heterocycles. The molecule has 3 aromatic rings. The number of carbonyl (C=O) groups is 2. The van der Waals surface area contributed by atoms with Gasteiger partial charge < -0.3 is 19.1 Å². The molecule has 10 heteroatoms. The molecular formula is C28H27ClFN3O4S. The molecule has 38 heavy (non-hydrogen) atoms. The highest BCUT2D eigenvalue weighted by Crippen LogP contribution is 2.33. The normalized spacial score (nSPS) is 15.6. The standard InChI is InChI=1S/C28H27ClFN3O4S/c1-2-37-28(36)24-25(31-11-13-32(14-12-31)26(34)23-4-3-15-38-23)21-16-19(29)7-10-22(21)33(27(24)35)17-18-5-8-20(30)9-6-18/h4-10,16H,2-3,11-15,17H2,1H3. The fourth-order valence-electron chi connectivity index (χ4n) is 4.91. The zero-order valence-electron chi connectivity index (χ0n) is 20.9. The number of hydrogen-bond donors (Lipinski definition) is 0. The molecule has 0 spiro atoms. The van der Waals surface area contributed by atoms with Crippen molar-refractivity contribution in [3.63, 3.8) is 0 Å². The van der Waals surface area contributed by atoms with Crippen LogP contribution in [0.3, 0.4) is 0 Å². The summed E-state index contributed by atoms with van der Waals surface area (Å²) in [5.41, 5.74) is 1.19. The van der Waals surface area contributed by atoms with Gasteiger partial charge in [-0.2, -0.15) is 0 Å². The van der Waals surface area contributed by atoms with Crippen LogP contribution in [0.15, 0.2) is 58.2 Å². The summed E-state index contributed by atoms with van der Waals surface area (Å²) in [5.74, 6) is -0.139. The minimum Gasteiger partial charge on any atom is -0.462 e. The number of amides is 1. The van der Waals surface area contributed by atoms with E-state index in [1.807, 2.05) is 15.9 Å². The Morgan fingerprint density at radius 3 is 2.47 bits per heavy atom. The van der Waals surface area contributed by atoms with E-state index in [9.17, 15) is 18.8 Å². The average Bonchev–Trinajstić information content (AvgIpc) is 3.46. The maximum atomic E-state index is 13.9. The second-order valence-electron chi connectivity index (χ2n) is 9.11. The van der Waals surface area contributed by atoms with Crippen LogP contribution in [0.4, 0.5) is 10.1 Å². The van der Waals surface area contributed by atoms with Gasteiger partial charge in [0.1, 0.15) is 11.4 Å². The zero-order chi connectivity index (χ0) is 26.8. The van der Waals surface area contributed by atoms with Crippen molar-refractivity contribution >= 4 is 51.8 Å². The number of nitrogens with zero attached hydrogens (tertiary/aromatic N) is 3. The van der Waals surface area contributed by atoms with Crippen LogP contribution in [0, 0.1) is 5.82 Å². The number of ether oxygens (including phenoxy) is 1. The summed E-state index contributed by atoms with van der Waals surface area (Å²) >= 11 is 7.98. The fraction of sp³-hybridized carbons (Fsp3) is 0.321. The summed E-state index contributed by atoms with van der Waals surface area (Å²) in [6, 6.07) is 11.1. The van der Waals surface area contributed by atoms with Gasteiger partial charge in [-0.25, -0.2) is 9.18 Å². The highest BCUT2D eigenvalue weighted by Gasteiger charge is 2.31. The second-order valence-corrected chi connectivity index (χ2v) is 10.7. The van der Waals surface area contributed by atoms with E-state index < -0.39 is 11.5 Å². The Morgan fingerprint density at radius 2 is 1.82 bits per heavy atom. The minimum atomic E-state index is -0.715. The lowest BCUT2D eigenvalue weighted by Gasteiger charge is -2.37. The van der Waals surface area contributed by atoms with Crippen LogP contribution in [-0.2, 0) is 16.1 Å². The van der Waals surface area contributed by atoms with E-state index in [2.05, 4.69) is 0 Å². The zero-order valence-corrected chi connectivity index (χ0v) is 22.5. The number of anilines is 1. The Labute approximate surface area is 228 Å². The van der Waals surface area contributed by atoms with Gasteiger partial charge in [0.25, 0.3) is 11.5 Å². The summed E-state index contributed by atoms with van der Waals surface area (Å²) in [7, 11) is 0. The van der Waals surface area contributed by atoms with Crippen LogP contribution in [0.2, 0.25) is 5.02 Å². The van der Waals surface area contributed by atoms with Gasteiger partial charge in [0.05, 0.1) is 29.3 Å². The second kappa shape index (κ2) is 11.2. The first-order valence-corrected chi connectivity index (χ1v) is 13.9. The molecule has 0 saturated carbocycles. The average molecular weight is 556 g/mol. The van der Waals surface area contributed by atoms with Crippen molar-refractivity contribution in [2.45, 2.75) is 19.9 Å². The molecule has 7 nitrogen and oxygen atoms in total. The van der Waals surface area contributed by atoms with Gasteiger partial charge in [-0.15, -0.1) is 11.8 Å². The molecule has 0 N–H and O–H groups in total. The molecule has 1 aromatic heterocycles. The first-order chi connectivity index (χ1) is 18.4. The molecule has 2 aromatic carbocycles. The van der Waals surface area contributed by atoms with Gasteiger partial charge in [-0.1, -0.05) is 29.8 Å². The van der Waals surface area contributed by atoms with E-state index in [1.54, 1.807) is 49.0 Å². The van der Waals surface area contributed by atoms with E-state index in [-0.39, 0.29) is 30.4 Å². The number of hydrogen-bond acceptors (Lipinski definition) is 6. The number of allylic oxidation sites excluding steroid dienone is 1. The number of halogens is 2.